The molecule has 1 N–H and O–H groups in total. The first-order valence-electron chi connectivity index (χ1n) is 7.37. The highest BCUT2D eigenvalue weighted by molar-refractivity contribution is 9.10. The van der Waals surface area contributed by atoms with Gasteiger partial charge < -0.3 is 5.32 Å². The van der Waals surface area contributed by atoms with Gasteiger partial charge in [-0.25, -0.2) is 0 Å². The Hall–Kier alpha value is -1.83. The van der Waals surface area contributed by atoms with Crippen LogP contribution in [-0.2, 0) is 17.9 Å². The lowest BCUT2D eigenvalue weighted by Crippen LogP contribution is -2.18. The summed E-state index contributed by atoms with van der Waals surface area (Å²) >= 11 is 15.7. The number of rotatable bonds is 5. The number of hydrogen-bond donors (Lipinski definition) is 1. The van der Waals surface area contributed by atoms with Gasteiger partial charge in [0.15, 0.2) is 0 Å². The fourth-order valence-corrected chi connectivity index (χ4v) is 3.11. The molecule has 0 bridgehead atoms. The number of benzene rings is 1. The highest BCUT2D eigenvalue weighted by Crippen LogP contribution is 2.25. The van der Waals surface area contributed by atoms with E-state index < -0.39 is 0 Å². The summed E-state index contributed by atoms with van der Waals surface area (Å²) in [5.74, 6) is -0.190. The third kappa shape index (κ3) is 4.42. The van der Waals surface area contributed by atoms with Crippen LogP contribution in [0.25, 0.3) is 0 Å². The molecule has 0 unspecified atom stereocenters. The van der Waals surface area contributed by atoms with Crippen molar-refractivity contribution in [2.75, 3.05) is 5.32 Å². The SMILES string of the molecule is Cc1nn(CC(=O)Nc2cnn(Cc3c(Cl)cccc3Cl)c2)cc1Br. The van der Waals surface area contributed by atoms with Crippen molar-refractivity contribution in [2.45, 2.75) is 20.0 Å². The van der Waals surface area contributed by atoms with Crippen molar-refractivity contribution in [1.29, 1.82) is 0 Å². The monoisotopic (exact) mass is 441 g/mol. The van der Waals surface area contributed by atoms with E-state index in [0.29, 0.717) is 22.3 Å². The molecule has 1 amide bonds. The standard InChI is InChI=1S/C16H14BrCl2N5O/c1-10-13(17)8-24(22-10)9-16(25)21-11-5-20-23(6-11)7-12-14(18)3-2-4-15(12)19/h2-6,8H,7,9H2,1H3,(H,21,25). The summed E-state index contributed by atoms with van der Waals surface area (Å²) in [6.45, 7) is 2.40. The molecule has 2 aromatic heterocycles. The summed E-state index contributed by atoms with van der Waals surface area (Å²) < 4.78 is 4.10. The molecule has 130 valence electrons. The Kier molecular flexibility index (Phi) is 5.46. The molecule has 9 heteroatoms. The molecule has 3 rings (SSSR count). The molecule has 0 aliphatic carbocycles. The fraction of sp³-hybridized carbons (Fsp3) is 0.188. The number of anilines is 1. The van der Waals surface area contributed by atoms with Crippen LogP contribution in [0.1, 0.15) is 11.3 Å². The minimum absolute atomic E-state index is 0.119. The van der Waals surface area contributed by atoms with Crippen LogP contribution in [0.5, 0.6) is 0 Å². The fourth-order valence-electron chi connectivity index (χ4n) is 2.28. The molecule has 0 radical (unpaired) electrons. The maximum atomic E-state index is 12.1. The van der Waals surface area contributed by atoms with Gasteiger partial charge >= 0.3 is 0 Å². The van der Waals surface area contributed by atoms with Crippen molar-refractivity contribution in [1.82, 2.24) is 19.6 Å². The third-order valence-electron chi connectivity index (χ3n) is 3.49. The topological polar surface area (TPSA) is 64.7 Å². The molecule has 0 aliphatic heterocycles. The average Bonchev–Trinajstić information content (AvgIpc) is 3.10. The Bertz CT molecular complexity index is 881. The van der Waals surface area contributed by atoms with Crippen molar-refractivity contribution in [2.24, 2.45) is 0 Å². The van der Waals surface area contributed by atoms with Crippen molar-refractivity contribution in [3.8, 4) is 0 Å². The first kappa shape index (κ1) is 18.0. The van der Waals surface area contributed by atoms with Crippen LogP contribution in [0.3, 0.4) is 0 Å². The predicted molar refractivity (Wildman–Crippen MR) is 101 cm³/mol. The van der Waals surface area contributed by atoms with Crippen molar-refractivity contribution in [3.05, 3.63) is 62.6 Å². The van der Waals surface area contributed by atoms with E-state index in [9.17, 15) is 4.79 Å². The summed E-state index contributed by atoms with van der Waals surface area (Å²) in [6.07, 6.45) is 5.06. The van der Waals surface area contributed by atoms with Gasteiger partial charge in [-0.15, -0.1) is 0 Å². The van der Waals surface area contributed by atoms with Gasteiger partial charge in [0.05, 0.1) is 28.6 Å². The number of amides is 1. The smallest absolute Gasteiger partial charge is 0.246 e. The number of aryl methyl sites for hydroxylation is 1. The van der Waals surface area contributed by atoms with E-state index in [2.05, 4.69) is 31.4 Å². The van der Waals surface area contributed by atoms with E-state index in [0.717, 1.165) is 15.7 Å². The van der Waals surface area contributed by atoms with E-state index in [1.807, 2.05) is 6.92 Å². The van der Waals surface area contributed by atoms with Gasteiger partial charge in [0.25, 0.3) is 0 Å². The van der Waals surface area contributed by atoms with Gasteiger partial charge in [-0.2, -0.15) is 10.2 Å². The third-order valence-corrected chi connectivity index (χ3v) is 4.98. The molecule has 6 nitrogen and oxygen atoms in total. The lowest BCUT2D eigenvalue weighted by Gasteiger charge is -2.06. The minimum atomic E-state index is -0.190. The van der Waals surface area contributed by atoms with Crippen molar-refractivity contribution < 1.29 is 4.79 Å². The second kappa shape index (κ2) is 7.59. The minimum Gasteiger partial charge on any atom is -0.322 e. The summed E-state index contributed by atoms with van der Waals surface area (Å²) in [5, 5.41) is 12.4. The first-order chi connectivity index (χ1) is 11.9. The molecule has 2 heterocycles. The average molecular weight is 443 g/mol. The second-order valence-electron chi connectivity index (χ2n) is 5.44. The number of hydrogen-bond acceptors (Lipinski definition) is 3. The molecule has 0 saturated heterocycles. The molecule has 0 atom stereocenters. The highest BCUT2D eigenvalue weighted by atomic mass is 79.9. The molecular weight excluding hydrogens is 429 g/mol. The maximum absolute atomic E-state index is 12.1. The van der Waals surface area contributed by atoms with Gasteiger partial charge in [0, 0.05) is 28.0 Å². The van der Waals surface area contributed by atoms with E-state index >= 15 is 0 Å². The molecule has 25 heavy (non-hydrogen) atoms. The van der Waals surface area contributed by atoms with Gasteiger partial charge in [0.2, 0.25) is 5.91 Å². The van der Waals surface area contributed by atoms with Crippen molar-refractivity contribution in [3.63, 3.8) is 0 Å². The number of carbonyl (C=O) groups is 1. The zero-order valence-corrected chi connectivity index (χ0v) is 16.3. The number of carbonyl (C=O) groups excluding carboxylic acids is 1. The molecule has 3 aromatic rings. The Morgan fingerprint density at radius 1 is 1.24 bits per heavy atom. The number of aromatic nitrogens is 4. The number of halogens is 3. The summed E-state index contributed by atoms with van der Waals surface area (Å²) in [6, 6.07) is 5.34. The van der Waals surface area contributed by atoms with Gasteiger partial charge in [-0.3, -0.25) is 14.2 Å². The Morgan fingerprint density at radius 3 is 2.60 bits per heavy atom. The van der Waals surface area contributed by atoms with Gasteiger partial charge in [0.1, 0.15) is 6.54 Å². The Labute approximate surface area is 162 Å². The molecule has 0 saturated carbocycles. The summed E-state index contributed by atoms with van der Waals surface area (Å²) in [7, 11) is 0. The molecule has 0 aliphatic rings. The predicted octanol–water partition coefficient (Wildman–Crippen LogP) is 4.14. The zero-order valence-electron chi connectivity index (χ0n) is 13.2. The normalized spacial score (nSPS) is 10.9. The largest absolute Gasteiger partial charge is 0.322 e. The quantitative estimate of drug-likeness (QED) is 0.645. The molecule has 0 fully saturated rings. The number of nitrogens with zero attached hydrogens (tertiary/aromatic N) is 4. The maximum Gasteiger partial charge on any atom is 0.246 e. The highest BCUT2D eigenvalue weighted by Gasteiger charge is 2.10. The molecule has 1 aromatic carbocycles. The van der Waals surface area contributed by atoms with E-state index in [1.54, 1.807) is 46.2 Å². The molecule has 0 spiro atoms. The van der Waals surface area contributed by atoms with Crippen LogP contribution in [0, 0.1) is 6.92 Å². The zero-order chi connectivity index (χ0) is 18.0. The summed E-state index contributed by atoms with van der Waals surface area (Å²) in [4.78, 5) is 12.1. The van der Waals surface area contributed by atoms with Crippen LogP contribution in [0.4, 0.5) is 5.69 Å². The van der Waals surface area contributed by atoms with Crippen LogP contribution >= 0.6 is 39.1 Å². The lowest BCUT2D eigenvalue weighted by molar-refractivity contribution is -0.116. The van der Waals surface area contributed by atoms with Crippen LogP contribution in [0.2, 0.25) is 10.0 Å². The van der Waals surface area contributed by atoms with Crippen LogP contribution in [-0.4, -0.2) is 25.5 Å². The Morgan fingerprint density at radius 2 is 1.96 bits per heavy atom. The summed E-state index contributed by atoms with van der Waals surface area (Å²) in [5.41, 5.74) is 2.21. The van der Waals surface area contributed by atoms with Crippen LogP contribution in [0.15, 0.2) is 41.3 Å². The van der Waals surface area contributed by atoms with E-state index in [-0.39, 0.29) is 12.5 Å². The van der Waals surface area contributed by atoms with Crippen molar-refractivity contribution >= 4 is 50.7 Å². The van der Waals surface area contributed by atoms with E-state index in [4.69, 9.17) is 23.2 Å². The molecular formula is C16H14BrCl2N5O. The van der Waals surface area contributed by atoms with Crippen LogP contribution < -0.4 is 5.32 Å². The van der Waals surface area contributed by atoms with Gasteiger partial charge in [-0.05, 0) is 35.0 Å². The second-order valence-corrected chi connectivity index (χ2v) is 7.10. The number of nitrogens with one attached hydrogen (secondary N) is 1. The Balaban J connectivity index is 1.64. The lowest BCUT2D eigenvalue weighted by atomic mass is 10.2. The first-order valence-corrected chi connectivity index (χ1v) is 8.92. The van der Waals surface area contributed by atoms with E-state index in [1.165, 1.54) is 0 Å². The van der Waals surface area contributed by atoms with Gasteiger partial charge in [-0.1, -0.05) is 29.3 Å².